The molecule has 0 aliphatic carbocycles. The van der Waals surface area contributed by atoms with E-state index in [0.29, 0.717) is 12.1 Å². The fraction of sp³-hybridized carbons (Fsp3) is 0.500. The number of rotatable bonds is 4. The van der Waals surface area contributed by atoms with Gasteiger partial charge in [-0.25, -0.2) is 0 Å². The molecular weight excluding hydrogens is 228 g/mol. The number of nitrogen functional groups attached to an aromatic ring is 1. The van der Waals surface area contributed by atoms with Crippen LogP contribution < -0.4 is 11.1 Å². The first-order valence-electron chi connectivity index (χ1n) is 6.40. The van der Waals surface area contributed by atoms with Crippen molar-refractivity contribution in [3.8, 4) is 0 Å². The molecule has 3 N–H and O–H groups in total. The minimum Gasteiger partial charge on any atom is -0.399 e. The Morgan fingerprint density at radius 1 is 1.50 bits per heavy atom. The number of anilines is 1. The Kier molecular flexibility index (Phi) is 4.20. The van der Waals surface area contributed by atoms with Crippen molar-refractivity contribution < 1.29 is 9.53 Å². The number of nitrogens with one attached hydrogen (secondary N) is 1. The topological polar surface area (TPSA) is 64.4 Å². The number of nitrogens with two attached hydrogens (primary N) is 1. The van der Waals surface area contributed by atoms with Gasteiger partial charge >= 0.3 is 0 Å². The smallest absolute Gasteiger partial charge is 0.224 e. The van der Waals surface area contributed by atoms with Gasteiger partial charge in [-0.2, -0.15) is 0 Å². The summed E-state index contributed by atoms with van der Waals surface area (Å²) in [6.07, 6.45) is 2.67. The highest BCUT2D eigenvalue weighted by Gasteiger charge is 2.23. The molecular formula is C14H20N2O2. The first kappa shape index (κ1) is 12.9. The van der Waals surface area contributed by atoms with Crippen LogP contribution in [0.3, 0.4) is 0 Å². The minimum absolute atomic E-state index is 0.0303. The van der Waals surface area contributed by atoms with Gasteiger partial charge in [0.05, 0.1) is 18.6 Å². The van der Waals surface area contributed by atoms with Crippen molar-refractivity contribution >= 4 is 11.6 Å². The number of carbonyl (C=O) groups excluding carboxylic acids is 1. The SMILES string of the molecule is CC(NC(=O)Cc1ccc(N)cc1)C1CCCO1. The van der Waals surface area contributed by atoms with Crippen LogP contribution in [0.15, 0.2) is 24.3 Å². The van der Waals surface area contributed by atoms with Gasteiger partial charge in [-0.1, -0.05) is 12.1 Å². The highest BCUT2D eigenvalue weighted by molar-refractivity contribution is 5.79. The molecule has 1 aromatic carbocycles. The number of hydrogen-bond acceptors (Lipinski definition) is 3. The van der Waals surface area contributed by atoms with E-state index in [4.69, 9.17) is 10.5 Å². The molecule has 1 heterocycles. The second kappa shape index (κ2) is 5.87. The maximum atomic E-state index is 11.9. The summed E-state index contributed by atoms with van der Waals surface area (Å²) in [6, 6.07) is 7.46. The number of hydrogen-bond donors (Lipinski definition) is 2. The Labute approximate surface area is 108 Å². The molecule has 0 saturated carbocycles. The molecule has 98 valence electrons. The summed E-state index contributed by atoms with van der Waals surface area (Å²) in [7, 11) is 0. The minimum atomic E-state index is 0.0303. The van der Waals surface area contributed by atoms with Crippen LogP contribution in [0.25, 0.3) is 0 Å². The van der Waals surface area contributed by atoms with E-state index in [-0.39, 0.29) is 18.1 Å². The third-order valence-corrected chi connectivity index (χ3v) is 3.26. The zero-order valence-electron chi connectivity index (χ0n) is 10.7. The molecule has 0 radical (unpaired) electrons. The molecule has 1 amide bonds. The molecule has 1 aliphatic rings. The average molecular weight is 248 g/mol. The van der Waals surface area contributed by atoms with E-state index in [2.05, 4.69) is 5.32 Å². The van der Waals surface area contributed by atoms with E-state index in [1.807, 2.05) is 31.2 Å². The molecule has 4 heteroatoms. The molecule has 0 bridgehead atoms. The molecule has 0 spiro atoms. The molecule has 18 heavy (non-hydrogen) atoms. The number of carbonyl (C=O) groups is 1. The summed E-state index contributed by atoms with van der Waals surface area (Å²) in [5, 5.41) is 2.99. The fourth-order valence-electron chi connectivity index (χ4n) is 2.22. The first-order valence-corrected chi connectivity index (χ1v) is 6.40. The molecule has 0 aromatic heterocycles. The first-order chi connectivity index (χ1) is 8.65. The van der Waals surface area contributed by atoms with Crippen LogP contribution in [-0.2, 0) is 16.0 Å². The van der Waals surface area contributed by atoms with Crippen LogP contribution in [0.2, 0.25) is 0 Å². The summed E-state index contributed by atoms with van der Waals surface area (Å²) in [4.78, 5) is 11.9. The lowest BCUT2D eigenvalue weighted by Gasteiger charge is -2.20. The van der Waals surface area contributed by atoms with E-state index in [0.717, 1.165) is 25.0 Å². The van der Waals surface area contributed by atoms with Crippen LogP contribution in [0.4, 0.5) is 5.69 Å². The molecule has 1 aliphatic heterocycles. The number of benzene rings is 1. The van der Waals surface area contributed by atoms with Crippen LogP contribution >= 0.6 is 0 Å². The zero-order valence-corrected chi connectivity index (χ0v) is 10.7. The summed E-state index contributed by atoms with van der Waals surface area (Å²) < 4.78 is 5.55. The Hall–Kier alpha value is -1.55. The van der Waals surface area contributed by atoms with Crippen molar-refractivity contribution in [2.75, 3.05) is 12.3 Å². The Balaban J connectivity index is 1.82. The maximum absolute atomic E-state index is 11.9. The van der Waals surface area contributed by atoms with Crippen LogP contribution in [-0.4, -0.2) is 24.7 Å². The monoisotopic (exact) mass is 248 g/mol. The lowest BCUT2D eigenvalue weighted by atomic mass is 10.1. The van der Waals surface area contributed by atoms with Crippen LogP contribution in [0, 0.1) is 0 Å². The second-order valence-corrected chi connectivity index (χ2v) is 4.83. The van der Waals surface area contributed by atoms with Gasteiger partial charge < -0.3 is 15.8 Å². The van der Waals surface area contributed by atoms with Gasteiger partial charge in [0.1, 0.15) is 0 Å². The molecule has 2 rings (SSSR count). The largest absolute Gasteiger partial charge is 0.399 e. The molecule has 1 saturated heterocycles. The molecule has 2 unspecified atom stereocenters. The summed E-state index contributed by atoms with van der Waals surface area (Å²) >= 11 is 0. The lowest BCUT2D eigenvalue weighted by molar-refractivity contribution is -0.121. The zero-order chi connectivity index (χ0) is 13.0. The standard InChI is InChI=1S/C14H20N2O2/c1-10(13-3-2-8-18-13)16-14(17)9-11-4-6-12(15)7-5-11/h4-7,10,13H,2-3,8-9,15H2,1H3,(H,16,17). The third kappa shape index (κ3) is 3.47. The molecule has 1 aromatic rings. The lowest BCUT2D eigenvalue weighted by Crippen LogP contribution is -2.41. The Bertz CT molecular complexity index is 397. The summed E-state index contributed by atoms with van der Waals surface area (Å²) in [5.74, 6) is 0.0303. The highest BCUT2D eigenvalue weighted by Crippen LogP contribution is 2.15. The van der Waals surface area contributed by atoms with Crippen molar-refractivity contribution in [3.63, 3.8) is 0 Å². The van der Waals surface area contributed by atoms with Gasteiger partial charge in [-0.05, 0) is 37.5 Å². The van der Waals surface area contributed by atoms with E-state index in [1.165, 1.54) is 0 Å². The fourth-order valence-corrected chi connectivity index (χ4v) is 2.22. The van der Waals surface area contributed by atoms with Gasteiger partial charge in [0.15, 0.2) is 0 Å². The predicted octanol–water partition coefficient (Wildman–Crippen LogP) is 1.49. The number of ether oxygens (including phenoxy) is 1. The van der Waals surface area contributed by atoms with Gasteiger partial charge in [0.2, 0.25) is 5.91 Å². The second-order valence-electron chi connectivity index (χ2n) is 4.83. The maximum Gasteiger partial charge on any atom is 0.224 e. The Morgan fingerprint density at radius 3 is 2.83 bits per heavy atom. The van der Waals surface area contributed by atoms with Crippen molar-refractivity contribution in [2.45, 2.75) is 38.3 Å². The van der Waals surface area contributed by atoms with Crippen molar-refractivity contribution in [1.82, 2.24) is 5.32 Å². The van der Waals surface area contributed by atoms with Gasteiger partial charge in [-0.15, -0.1) is 0 Å². The summed E-state index contributed by atoms with van der Waals surface area (Å²) in [6.45, 7) is 2.81. The summed E-state index contributed by atoms with van der Waals surface area (Å²) in [5.41, 5.74) is 7.29. The third-order valence-electron chi connectivity index (χ3n) is 3.26. The van der Waals surface area contributed by atoms with Crippen molar-refractivity contribution in [1.29, 1.82) is 0 Å². The van der Waals surface area contributed by atoms with E-state index in [9.17, 15) is 4.79 Å². The quantitative estimate of drug-likeness (QED) is 0.794. The molecule has 4 nitrogen and oxygen atoms in total. The van der Waals surface area contributed by atoms with E-state index >= 15 is 0 Å². The predicted molar refractivity (Wildman–Crippen MR) is 71.1 cm³/mol. The van der Waals surface area contributed by atoms with E-state index in [1.54, 1.807) is 0 Å². The molecule has 2 atom stereocenters. The average Bonchev–Trinajstić information content (AvgIpc) is 2.85. The van der Waals surface area contributed by atoms with Crippen molar-refractivity contribution in [2.24, 2.45) is 0 Å². The van der Waals surface area contributed by atoms with Gasteiger partial charge in [0, 0.05) is 12.3 Å². The van der Waals surface area contributed by atoms with Gasteiger partial charge in [-0.3, -0.25) is 4.79 Å². The van der Waals surface area contributed by atoms with Crippen LogP contribution in [0.5, 0.6) is 0 Å². The van der Waals surface area contributed by atoms with E-state index < -0.39 is 0 Å². The number of amides is 1. The normalized spacial score (nSPS) is 20.6. The highest BCUT2D eigenvalue weighted by atomic mass is 16.5. The van der Waals surface area contributed by atoms with Crippen LogP contribution in [0.1, 0.15) is 25.3 Å². The molecule has 1 fully saturated rings. The van der Waals surface area contributed by atoms with Gasteiger partial charge in [0.25, 0.3) is 0 Å². The Morgan fingerprint density at radius 2 is 2.22 bits per heavy atom. The van der Waals surface area contributed by atoms with Crippen molar-refractivity contribution in [3.05, 3.63) is 29.8 Å².